The van der Waals surface area contributed by atoms with Crippen molar-refractivity contribution in [3.8, 4) is 0 Å². The molecule has 0 saturated carbocycles. The smallest absolute Gasteiger partial charge is 0.182 e. The summed E-state index contributed by atoms with van der Waals surface area (Å²) in [4.78, 5) is 4.35. The van der Waals surface area contributed by atoms with Crippen LogP contribution in [0.1, 0.15) is 11.1 Å². The Labute approximate surface area is 124 Å². The lowest BCUT2D eigenvalue weighted by Gasteiger charge is -2.08. The van der Waals surface area contributed by atoms with Crippen LogP contribution in [-0.2, 0) is 0 Å². The van der Waals surface area contributed by atoms with E-state index in [4.69, 9.17) is 0 Å². The molecule has 2 aromatic heterocycles. The van der Waals surface area contributed by atoms with E-state index in [2.05, 4.69) is 28.6 Å². The van der Waals surface area contributed by atoms with E-state index in [0.717, 1.165) is 5.56 Å². The molecule has 0 spiro atoms. The van der Waals surface area contributed by atoms with Crippen LogP contribution in [0, 0.1) is 0 Å². The van der Waals surface area contributed by atoms with Crippen molar-refractivity contribution in [3.63, 3.8) is 0 Å². The average molecular weight is 273 g/mol. The maximum Gasteiger partial charge on any atom is 0.182 e. The molecule has 0 atom stereocenters. The Morgan fingerprint density at radius 2 is 1.48 bits per heavy atom. The zero-order chi connectivity index (χ0) is 14.3. The molecule has 0 saturated heterocycles. The highest BCUT2D eigenvalue weighted by Gasteiger charge is 1.92. The van der Waals surface area contributed by atoms with Crippen LogP contribution in [-0.4, -0.2) is 4.98 Å². The molecular formula is C18H15N3. The molecule has 0 bridgehead atoms. The fraction of sp³-hybridized carbons (Fsp3) is 0. The van der Waals surface area contributed by atoms with Crippen molar-refractivity contribution in [1.29, 1.82) is 0 Å². The first-order valence-corrected chi connectivity index (χ1v) is 6.78. The Morgan fingerprint density at radius 3 is 2.19 bits per heavy atom. The molecule has 3 heteroatoms. The minimum Gasteiger partial charge on any atom is -0.438 e. The van der Waals surface area contributed by atoms with Gasteiger partial charge in [0, 0.05) is 18.0 Å². The van der Waals surface area contributed by atoms with Gasteiger partial charge in [-0.25, -0.2) is 0 Å². The molecule has 3 aromatic rings. The molecule has 3 rings (SSSR count). The van der Waals surface area contributed by atoms with Crippen molar-refractivity contribution in [3.05, 3.63) is 95.8 Å². The maximum absolute atomic E-state index is 4.38. The summed E-state index contributed by atoms with van der Waals surface area (Å²) in [6, 6.07) is 19.9. The second-order valence-electron chi connectivity index (χ2n) is 4.55. The van der Waals surface area contributed by atoms with Gasteiger partial charge in [0.2, 0.25) is 0 Å². The number of benzene rings is 1. The topological polar surface area (TPSA) is 30.9 Å². The van der Waals surface area contributed by atoms with Gasteiger partial charge in [0.15, 0.2) is 12.4 Å². The van der Waals surface area contributed by atoms with Gasteiger partial charge in [-0.3, -0.25) is 0 Å². The fourth-order valence-corrected chi connectivity index (χ4v) is 1.89. The molecule has 0 N–H and O–H groups in total. The molecule has 0 fully saturated rings. The minimum atomic E-state index is 0.683. The van der Waals surface area contributed by atoms with Crippen LogP contribution in [0.5, 0.6) is 0 Å². The standard InChI is InChI=1S/C18H15N3/c1-3-7-16(8-4-1)9-10-17-11-12-18(19-15-17)20-21-13-5-2-6-14-21/h1-15H/b10-9+. The number of pyridine rings is 2. The fourth-order valence-electron chi connectivity index (χ4n) is 1.89. The first-order valence-electron chi connectivity index (χ1n) is 6.78. The Balaban J connectivity index is 1.68. The molecule has 0 radical (unpaired) electrons. The Morgan fingerprint density at radius 1 is 0.762 bits per heavy atom. The minimum absolute atomic E-state index is 0.683. The van der Waals surface area contributed by atoms with Gasteiger partial charge in [-0.2, -0.15) is 10.1 Å². The zero-order valence-electron chi connectivity index (χ0n) is 11.5. The second-order valence-corrected chi connectivity index (χ2v) is 4.55. The van der Waals surface area contributed by atoms with Gasteiger partial charge in [-0.1, -0.05) is 66.9 Å². The van der Waals surface area contributed by atoms with Gasteiger partial charge < -0.3 is 4.98 Å². The largest absolute Gasteiger partial charge is 0.438 e. The summed E-state index contributed by atoms with van der Waals surface area (Å²) >= 11 is 0. The van der Waals surface area contributed by atoms with Crippen molar-refractivity contribution >= 4 is 18.0 Å². The van der Waals surface area contributed by atoms with Crippen LogP contribution < -0.4 is 4.68 Å². The first-order chi connectivity index (χ1) is 10.4. The van der Waals surface area contributed by atoms with E-state index >= 15 is 0 Å². The highest BCUT2D eigenvalue weighted by molar-refractivity contribution is 5.69. The summed E-state index contributed by atoms with van der Waals surface area (Å²) in [6.45, 7) is 0. The number of nitrogens with zero attached hydrogens (tertiary/aromatic N) is 3. The molecule has 0 unspecified atom stereocenters. The Hall–Kier alpha value is -2.94. The third-order valence-electron chi connectivity index (χ3n) is 2.96. The quantitative estimate of drug-likeness (QED) is 0.661. The predicted octanol–water partition coefficient (Wildman–Crippen LogP) is 4.01. The SMILES string of the molecule is C(=C\c1ccc([N-][n+]2ccccc2)nc1)/c1ccccc1. The second kappa shape index (κ2) is 6.48. The van der Waals surface area contributed by atoms with E-state index in [0.29, 0.717) is 5.82 Å². The summed E-state index contributed by atoms with van der Waals surface area (Å²) in [7, 11) is 0. The van der Waals surface area contributed by atoms with Crippen LogP contribution in [0.4, 0.5) is 5.82 Å². The van der Waals surface area contributed by atoms with Crippen molar-refractivity contribution in [2.45, 2.75) is 0 Å². The van der Waals surface area contributed by atoms with Gasteiger partial charge in [-0.05, 0) is 11.1 Å². The van der Waals surface area contributed by atoms with Gasteiger partial charge in [0.1, 0.15) is 0 Å². The highest BCUT2D eigenvalue weighted by Crippen LogP contribution is 2.13. The van der Waals surface area contributed by atoms with E-state index in [-0.39, 0.29) is 0 Å². The molecule has 0 amide bonds. The molecule has 102 valence electrons. The molecule has 0 aliphatic heterocycles. The van der Waals surface area contributed by atoms with Crippen molar-refractivity contribution in [2.75, 3.05) is 0 Å². The molecule has 1 aromatic carbocycles. The van der Waals surface area contributed by atoms with Crippen LogP contribution in [0.15, 0.2) is 79.3 Å². The summed E-state index contributed by atoms with van der Waals surface area (Å²) in [5.41, 5.74) is 6.61. The van der Waals surface area contributed by atoms with Crippen molar-refractivity contribution in [2.24, 2.45) is 0 Å². The van der Waals surface area contributed by atoms with Gasteiger partial charge in [0.05, 0.1) is 0 Å². The number of hydrogen-bond donors (Lipinski definition) is 0. The zero-order valence-corrected chi connectivity index (χ0v) is 11.5. The van der Waals surface area contributed by atoms with Gasteiger partial charge >= 0.3 is 0 Å². The molecule has 0 aliphatic rings. The highest BCUT2D eigenvalue weighted by atomic mass is 15.4. The van der Waals surface area contributed by atoms with Gasteiger partial charge in [0.25, 0.3) is 0 Å². The number of hydrogen-bond acceptors (Lipinski definition) is 1. The summed E-state index contributed by atoms with van der Waals surface area (Å²) in [5.74, 6) is 0.683. The van der Waals surface area contributed by atoms with Crippen LogP contribution >= 0.6 is 0 Å². The average Bonchev–Trinajstić information content (AvgIpc) is 2.56. The van der Waals surface area contributed by atoms with Crippen LogP contribution in [0.2, 0.25) is 0 Å². The van der Waals surface area contributed by atoms with E-state index < -0.39 is 0 Å². The van der Waals surface area contributed by atoms with Crippen LogP contribution in [0.25, 0.3) is 17.6 Å². The lowest BCUT2D eigenvalue weighted by Crippen LogP contribution is -2.26. The van der Waals surface area contributed by atoms with Crippen molar-refractivity contribution < 1.29 is 4.68 Å². The monoisotopic (exact) mass is 273 g/mol. The number of rotatable bonds is 4. The molecule has 21 heavy (non-hydrogen) atoms. The predicted molar refractivity (Wildman–Crippen MR) is 84.7 cm³/mol. The third kappa shape index (κ3) is 3.76. The Kier molecular flexibility index (Phi) is 4.03. The third-order valence-corrected chi connectivity index (χ3v) is 2.96. The summed E-state index contributed by atoms with van der Waals surface area (Å²) in [6.07, 6.45) is 9.69. The Bertz CT molecular complexity index is 704. The molecule has 0 aliphatic carbocycles. The van der Waals surface area contributed by atoms with Crippen molar-refractivity contribution in [1.82, 2.24) is 4.98 Å². The lowest BCUT2D eigenvalue weighted by atomic mass is 10.2. The lowest BCUT2D eigenvalue weighted by molar-refractivity contribution is -0.619. The van der Waals surface area contributed by atoms with E-state index in [1.165, 1.54) is 5.56 Å². The molecular weight excluding hydrogens is 258 g/mol. The summed E-state index contributed by atoms with van der Waals surface area (Å²) < 4.78 is 1.74. The van der Waals surface area contributed by atoms with E-state index in [1.54, 1.807) is 4.68 Å². The number of aromatic nitrogens is 2. The van der Waals surface area contributed by atoms with E-state index in [1.807, 2.05) is 73.2 Å². The van der Waals surface area contributed by atoms with Crippen LogP contribution in [0.3, 0.4) is 0 Å². The molecule has 3 nitrogen and oxygen atoms in total. The first kappa shape index (κ1) is 13.1. The summed E-state index contributed by atoms with van der Waals surface area (Å²) in [5, 5.41) is 0. The van der Waals surface area contributed by atoms with E-state index in [9.17, 15) is 0 Å². The van der Waals surface area contributed by atoms with Gasteiger partial charge in [-0.15, -0.1) is 0 Å². The maximum atomic E-state index is 4.38. The molecule has 2 heterocycles. The normalized spacial score (nSPS) is 10.7.